The van der Waals surface area contributed by atoms with E-state index in [2.05, 4.69) is 9.84 Å². The quantitative estimate of drug-likeness (QED) is 0.317. The molecule has 0 aliphatic rings. The summed E-state index contributed by atoms with van der Waals surface area (Å²) >= 11 is 7.87. The van der Waals surface area contributed by atoms with Crippen molar-refractivity contribution >= 4 is 44.7 Å². The second kappa shape index (κ2) is 10.3. The van der Waals surface area contributed by atoms with Crippen LogP contribution in [0.1, 0.15) is 10.5 Å². The first-order valence-corrected chi connectivity index (χ1v) is 13.7. The minimum absolute atomic E-state index is 0.130. The molecule has 0 aliphatic carbocycles. The van der Waals surface area contributed by atoms with Crippen LogP contribution in [0, 0.1) is 0 Å². The molecule has 0 N–H and O–H groups in total. The summed E-state index contributed by atoms with van der Waals surface area (Å²) in [4.78, 5) is 27.8. The smallest absolute Gasteiger partial charge is 0.325 e. The number of para-hydroxylation sites is 1. The molecule has 0 atom stereocenters. The first-order chi connectivity index (χ1) is 17.1. The fourth-order valence-corrected chi connectivity index (χ4v) is 5.39. The summed E-state index contributed by atoms with van der Waals surface area (Å²) in [7, 11) is -0.604. The molecule has 0 saturated carbocycles. The maximum Gasteiger partial charge on any atom is 0.325 e. The molecule has 186 valence electrons. The summed E-state index contributed by atoms with van der Waals surface area (Å²) in [6.07, 6.45) is 1.17. The van der Waals surface area contributed by atoms with Gasteiger partial charge in [-0.25, -0.2) is 13.1 Å². The number of thiophene rings is 1. The Bertz CT molecular complexity index is 1560. The van der Waals surface area contributed by atoms with E-state index in [1.54, 1.807) is 47.1 Å². The van der Waals surface area contributed by atoms with Crippen molar-refractivity contribution in [1.82, 2.24) is 14.7 Å². The van der Waals surface area contributed by atoms with Crippen LogP contribution in [-0.2, 0) is 19.4 Å². The minimum atomic E-state index is -3.35. The SMILES string of the molecule is COC(=O)CN(C)C(=O)c1cc(-c2ccc(-c3cccc(S(C)(=O)=O)c3)s2)n(-c2ccccc2Cl)n1. The lowest BCUT2D eigenvalue weighted by Gasteiger charge is -2.13. The molecule has 0 fully saturated rings. The molecular weight excluding hydrogens is 522 g/mol. The minimum Gasteiger partial charge on any atom is -0.468 e. The molecule has 2 aromatic carbocycles. The number of carbonyl (C=O) groups is 2. The van der Waals surface area contributed by atoms with E-state index in [0.717, 1.165) is 15.3 Å². The summed E-state index contributed by atoms with van der Waals surface area (Å²) in [5, 5.41) is 4.96. The van der Waals surface area contributed by atoms with E-state index in [0.29, 0.717) is 16.4 Å². The number of benzene rings is 2. The van der Waals surface area contributed by atoms with Crippen molar-refractivity contribution in [2.75, 3.05) is 27.0 Å². The number of halogens is 1. The third-order valence-corrected chi connectivity index (χ3v) is 7.94. The second-order valence-electron chi connectivity index (χ2n) is 7.98. The van der Waals surface area contributed by atoms with Gasteiger partial charge in [0.25, 0.3) is 5.91 Å². The molecule has 11 heteroatoms. The maximum absolute atomic E-state index is 13.0. The normalized spacial score (nSPS) is 11.3. The summed E-state index contributed by atoms with van der Waals surface area (Å²) in [6, 6.07) is 19.3. The number of likely N-dealkylation sites (N-methyl/N-ethyl adjacent to an activating group) is 1. The molecule has 2 heterocycles. The first-order valence-electron chi connectivity index (χ1n) is 10.7. The van der Waals surface area contributed by atoms with Gasteiger partial charge in [0.2, 0.25) is 0 Å². The van der Waals surface area contributed by atoms with Gasteiger partial charge in [0, 0.05) is 18.2 Å². The number of aromatic nitrogens is 2. The molecule has 0 radical (unpaired) electrons. The van der Waals surface area contributed by atoms with Gasteiger partial charge in [-0.1, -0.05) is 35.9 Å². The summed E-state index contributed by atoms with van der Waals surface area (Å²) < 4.78 is 30.2. The summed E-state index contributed by atoms with van der Waals surface area (Å²) in [5.41, 5.74) is 2.09. The van der Waals surface area contributed by atoms with E-state index in [9.17, 15) is 18.0 Å². The Morgan fingerprint density at radius 1 is 1.06 bits per heavy atom. The number of hydrogen-bond acceptors (Lipinski definition) is 7. The zero-order chi connectivity index (χ0) is 26.0. The van der Waals surface area contributed by atoms with Crippen LogP contribution in [0.2, 0.25) is 5.02 Å². The number of carbonyl (C=O) groups excluding carboxylic acids is 2. The number of ether oxygens (including phenoxy) is 1. The van der Waals surface area contributed by atoms with Gasteiger partial charge in [-0.2, -0.15) is 5.10 Å². The Hall–Kier alpha value is -3.47. The zero-order valence-electron chi connectivity index (χ0n) is 19.6. The number of hydrogen-bond donors (Lipinski definition) is 0. The number of nitrogens with zero attached hydrogens (tertiary/aromatic N) is 3. The maximum atomic E-state index is 13.0. The molecule has 36 heavy (non-hydrogen) atoms. The number of amides is 1. The highest BCUT2D eigenvalue weighted by molar-refractivity contribution is 7.90. The Labute approximate surface area is 217 Å². The van der Waals surface area contributed by atoms with E-state index in [1.807, 2.05) is 24.3 Å². The van der Waals surface area contributed by atoms with Gasteiger partial charge in [0.1, 0.15) is 6.54 Å². The van der Waals surface area contributed by atoms with Crippen LogP contribution in [-0.4, -0.2) is 61.9 Å². The van der Waals surface area contributed by atoms with E-state index in [-0.39, 0.29) is 17.1 Å². The Morgan fingerprint density at radius 3 is 2.47 bits per heavy atom. The van der Waals surface area contributed by atoms with E-state index < -0.39 is 21.7 Å². The Morgan fingerprint density at radius 2 is 1.78 bits per heavy atom. The number of methoxy groups -OCH3 is 1. The molecule has 0 aliphatic heterocycles. The van der Waals surface area contributed by atoms with Gasteiger partial charge in [0.15, 0.2) is 15.5 Å². The second-order valence-corrected chi connectivity index (χ2v) is 11.5. The van der Waals surface area contributed by atoms with Gasteiger partial charge in [0.05, 0.1) is 33.3 Å². The Kier molecular flexibility index (Phi) is 7.30. The lowest BCUT2D eigenvalue weighted by Crippen LogP contribution is -2.33. The van der Waals surface area contributed by atoms with E-state index in [4.69, 9.17) is 11.6 Å². The van der Waals surface area contributed by atoms with Gasteiger partial charge < -0.3 is 9.64 Å². The predicted octanol–water partition coefficient (Wildman–Crippen LogP) is 4.57. The zero-order valence-corrected chi connectivity index (χ0v) is 22.0. The van der Waals surface area contributed by atoms with E-state index >= 15 is 0 Å². The van der Waals surface area contributed by atoms with Crippen molar-refractivity contribution in [3.05, 3.63) is 77.4 Å². The molecule has 4 rings (SSSR count). The number of sulfone groups is 1. The monoisotopic (exact) mass is 543 g/mol. The summed E-state index contributed by atoms with van der Waals surface area (Å²) in [6.45, 7) is -0.219. The van der Waals surface area contributed by atoms with Crippen molar-refractivity contribution < 1.29 is 22.7 Å². The van der Waals surface area contributed by atoms with Crippen LogP contribution in [0.5, 0.6) is 0 Å². The van der Waals surface area contributed by atoms with E-state index in [1.165, 1.54) is 36.6 Å². The van der Waals surface area contributed by atoms with Crippen LogP contribution in [0.3, 0.4) is 0 Å². The van der Waals surface area contributed by atoms with Crippen molar-refractivity contribution in [3.8, 4) is 26.7 Å². The third kappa shape index (κ3) is 5.35. The third-order valence-electron chi connectivity index (χ3n) is 5.35. The van der Waals surface area contributed by atoms with Crippen LogP contribution in [0.25, 0.3) is 26.7 Å². The lowest BCUT2D eigenvalue weighted by molar-refractivity contribution is -0.141. The molecular formula is C25H22ClN3O5S2. The van der Waals surface area contributed by atoms with Gasteiger partial charge in [-0.3, -0.25) is 9.59 Å². The molecule has 4 aromatic rings. The first kappa shape index (κ1) is 25.6. The van der Waals surface area contributed by atoms with Crippen molar-refractivity contribution in [1.29, 1.82) is 0 Å². The van der Waals surface area contributed by atoms with Gasteiger partial charge in [-0.15, -0.1) is 11.3 Å². The average Bonchev–Trinajstić information content (AvgIpc) is 3.51. The lowest BCUT2D eigenvalue weighted by atomic mass is 10.2. The molecule has 0 unspecified atom stereocenters. The molecule has 0 bridgehead atoms. The van der Waals surface area contributed by atoms with Gasteiger partial charge >= 0.3 is 5.97 Å². The number of rotatable bonds is 7. The van der Waals surface area contributed by atoms with Crippen LogP contribution in [0.4, 0.5) is 0 Å². The predicted molar refractivity (Wildman–Crippen MR) is 139 cm³/mol. The van der Waals surface area contributed by atoms with Crippen LogP contribution >= 0.6 is 22.9 Å². The van der Waals surface area contributed by atoms with Crippen LogP contribution < -0.4 is 0 Å². The van der Waals surface area contributed by atoms with Crippen molar-refractivity contribution in [3.63, 3.8) is 0 Å². The standard InChI is InChI=1S/C25H22ClN3O5S2/c1-28(15-24(30)34-2)25(31)19-14-21(29(27-19)20-10-5-4-9-18(20)26)23-12-11-22(35-23)16-7-6-8-17(13-16)36(3,32)33/h4-14H,15H2,1-3H3. The molecule has 2 aromatic heterocycles. The largest absolute Gasteiger partial charge is 0.468 e. The Balaban J connectivity index is 1.79. The highest BCUT2D eigenvalue weighted by atomic mass is 35.5. The van der Waals surface area contributed by atoms with Gasteiger partial charge in [-0.05, 0) is 48.0 Å². The molecule has 8 nitrogen and oxygen atoms in total. The van der Waals surface area contributed by atoms with Crippen LogP contribution in [0.15, 0.2) is 71.6 Å². The van der Waals surface area contributed by atoms with Crippen molar-refractivity contribution in [2.45, 2.75) is 4.90 Å². The molecule has 0 spiro atoms. The van der Waals surface area contributed by atoms with Crippen molar-refractivity contribution in [2.24, 2.45) is 0 Å². The fourth-order valence-electron chi connectivity index (χ4n) is 3.50. The highest BCUT2D eigenvalue weighted by Gasteiger charge is 2.23. The molecule has 1 amide bonds. The topological polar surface area (TPSA) is 98.6 Å². The summed E-state index contributed by atoms with van der Waals surface area (Å²) in [5.74, 6) is -0.999. The molecule has 0 saturated heterocycles. The average molecular weight is 544 g/mol. The highest BCUT2D eigenvalue weighted by Crippen LogP contribution is 2.37. The number of esters is 1. The fraction of sp³-hybridized carbons (Fsp3) is 0.160.